The van der Waals surface area contributed by atoms with Gasteiger partial charge in [-0.05, 0) is 31.1 Å². The number of unbranched alkanes of at least 4 members (excludes halogenated alkanes) is 5. The molecule has 0 N–H and O–H groups in total. The first-order valence-corrected chi connectivity index (χ1v) is 9.74. The third-order valence-electron chi connectivity index (χ3n) is 3.89. The maximum absolute atomic E-state index is 13.7. The zero-order valence-corrected chi connectivity index (χ0v) is 15.5. The van der Waals surface area contributed by atoms with E-state index in [4.69, 9.17) is 9.15 Å². The molecule has 4 nitrogen and oxygen atoms in total. The van der Waals surface area contributed by atoms with Crippen molar-refractivity contribution >= 4 is 27.8 Å². The van der Waals surface area contributed by atoms with Gasteiger partial charge in [-0.25, -0.2) is 9.18 Å². The Morgan fingerprint density at radius 2 is 1.92 bits per heavy atom. The Kier molecular flexibility index (Phi) is 8.41. The number of halogens is 1. The lowest BCUT2D eigenvalue weighted by Crippen LogP contribution is -2.04. The molecule has 1 heterocycles. The molecule has 2 rings (SSSR count). The maximum atomic E-state index is 13.7. The summed E-state index contributed by atoms with van der Waals surface area (Å²) in [6, 6.07) is 5.74. The zero-order chi connectivity index (χ0) is 18.8. The summed E-state index contributed by atoms with van der Waals surface area (Å²) in [6.07, 6.45) is 7.56. The lowest BCUT2D eigenvalue weighted by atomic mass is 10.1. The van der Waals surface area contributed by atoms with Crippen molar-refractivity contribution in [3.8, 4) is 5.75 Å². The van der Waals surface area contributed by atoms with Crippen molar-refractivity contribution in [1.29, 1.82) is 0 Å². The molecule has 0 unspecified atom stereocenters. The topological polar surface area (TPSA) is 56.5 Å². The van der Waals surface area contributed by atoms with Gasteiger partial charge in [0.15, 0.2) is 11.4 Å². The van der Waals surface area contributed by atoms with Crippen LogP contribution in [0.3, 0.4) is 0 Å². The largest absolute Gasteiger partial charge is 0.493 e. The van der Waals surface area contributed by atoms with Gasteiger partial charge in [-0.3, -0.25) is 4.79 Å². The number of hydrogen-bond donors (Lipinski definition) is 0. The molecule has 0 atom stereocenters. The van der Waals surface area contributed by atoms with Crippen LogP contribution in [-0.4, -0.2) is 17.5 Å². The molecule has 140 valence electrons. The van der Waals surface area contributed by atoms with Crippen molar-refractivity contribution in [2.75, 3.05) is 12.4 Å². The van der Waals surface area contributed by atoms with Crippen LogP contribution in [0.2, 0.25) is 0 Å². The molecule has 2 aromatic rings. The summed E-state index contributed by atoms with van der Waals surface area (Å²) in [5.41, 5.74) is -0.687. The van der Waals surface area contributed by atoms with Crippen LogP contribution in [0.25, 0.3) is 11.0 Å². The standard InChI is InChI=1S/C20H23FO4S/c1-2-19(23)26-13-8-6-4-3-5-7-12-24-17-14-18(22)25-20-15(17)10-9-11-16(20)21/h2,9-11,14H,1,3-8,12-13H2. The van der Waals surface area contributed by atoms with Gasteiger partial charge in [-0.2, -0.15) is 0 Å². The van der Waals surface area contributed by atoms with Crippen LogP contribution in [0, 0.1) is 5.82 Å². The summed E-state index contributed by atoms with van der Waals surface area (Å²) in [5.74, 6) is 0.631. The van der Waals surface area contributed by atoms with Crippen molar-refractivity contribution in [3.63, 3.8) is 0 Å². The second-order valence-electron chi connectivity index (χ2n) is 5.89. The quantitative estimate of drug-likeness (QED) is 0.309. The average Bonchev–Trinajstić information content (AvgIpc) is 2.63. The normalized spacial score (nSPS) is 10.8. The Hall–Kier alpha value is -2.08. The number of rotatable bonds is 11. The Morgan fingerprint density at radius 1 is 1.19 bits per heavy atom. The fraction of sp³-hybridized carbons (Fsp3) is 0.400. The summed E-state index contributed by atoms with van der Waals surface area (Å²) < 4.78 is 24.3. The van der Waals surface area contributed by atoms with Gasteiger partial charge in [0.05, 0.1) is 18.1 Å². The Morgan fingerprint density at radius 3 is 2.69 bits per heavy atom. The van der Waals surface area contributed by atoms with Crippen LogP contribution >= 0.6 is 11.8 Å². The number of ether oxygens (including phenoxy) is 1. The molecule has 0 saturated carbocycles. The van der Waals surface area contributed by atoms with Gasteiger partial charge < -0.3 is 9.15 Å². The minimum absolute atomic E-state index is 0.0319. The number of hydrogen-bond acceptors (Lipinski definition) is 5. The molecule has 0 aliphatic carbocycles. The summed E-state index contributed by atoms with van der Waals surface area (Å²) in [7, 11) is 0. The van der Waals surface area contributed by atoms with E-state index in [1.165, 1.54) is 30.0 Å². The van der Waals surface area contributed by atoms with Crippen molar-refractivity contribution < 1.29 is 18.3 Å². The van der Waals surface area contributed by atoms with Crippen molar-refractivity contribution in [2.45, 2.75) is 38.5 Å². The molecule has 6 heteroatoms. The first-order valence-electron chi connectivity index (χ1n) is 8.76. The van der Waals surface area contributed by atoms with E-state index in [0.29, 0.717) is 17.7 Å². The third kappa shape index (κ3) is 6.33. The molecule has 1 aromatic heterocycles. The maximum Gasteiger partial charge on any atom is 0.340 e. The molecule has 0 spiro atoms. The number of para-hydroxylation sites is 1. The Balaban J connectivity index is 1.66. The lowest BCUT2D eigenvalue weighted by molar-refractivity contribution is -0.107. The van der Waals surface area contributed by atoms with Gasteiger partial charge in [-0.15, -0.1) is 0 Å². The van der Waals surface area contributed by atoms with Crippen LogP contribution < -0.4 is 10.4 Å². The van der Waals surface area contributed by atoms with E-state index in [-0.39, 0.29) is 10.7 Å². The molecule has 0 saturated heterocycles. The molecule has 0 amide bonds. The monoisotopic (exact) mass is 378 g/mol. The van der Waals surface area contributed by atoms with E-state index in [0.717, 1.165) is 44.3 Å². The van der Waals surface area contributed by atoms with Crippen LogP contribution in [-0.2, 0) is 4.79 Å². The van der Waals surface area contributed by atoms with E-state index >= 15 is 0 Å². The third-order valence-corrected chi connectivity index (χ3v) is 4.84. The molecule has 0 fully saturated rings. The van der Waals surface area contributed by atoms with Crippen molar-refractivity contribution in [3.05, 3.63) is 53.2 Å². The van der Waals surface area contributed by atoms with Crippen LogP contribution in [0.15, 0.2) is 46.1 Å². The second-order valence-corrected chi connectivity index (χ2v) is 6.99. The highest BCUT2D eigenvalue weighted by atomic mass is 32.2. The van der Waals surface area contributed by atoms with E-state index in [1.54, 1.807) is 12.1 Å². The first kappa shape index (κ1) is 20.2. The minimum atomic E-state index is -0.620. The minimum Gasteiger partial charge on any atom is -0.493 e. The summed E-state index contributed by atoms with van der Waals surface area (Å²) in [6.45, 7) is 3.91. The molecule has 1 aromatic carbocycles. The average molecular weight is 378 g/mol. The Bertz CT molecular complexity index is 800. The van der Waals surface area contributed by atoms with Gasteiger partial charge in [-0.1, -0.05) is 50.1 Å². The highest BCUT2D eigenvalue weighted by Gasteiger charge is 2.10. The summed E-state index contributed by atoms with van der Waals surface area (Å²) in [4.78, 5) is 22.6. The summed E-state index contributed by atoms with van der Waals surface area (Å²) in [5, 5.41) is 0.501. The fourth-order valence-electron chi connectivity index (χ4n) is 2.57. The smallest absolute Gasteiger partial charge is 0.340 e. The van der Waals surface area contributed by atoms with Gasteiger partial charge >= 0.3 is 5.63 Å². The van der Waals surface area contributed by atoms with Crippen molar-refractivity contribution in [1.82, 2.24) is 0 Å². The van der Waals surface area contributed by atoms with E-state index in [2.05, 4.69) is 6.58 Å². The van der Waals surface area contributed by atoms with Crippen LogP contribution in [0.4, 0.5) is 4.39 Å². The van der Waals surface area contributed by atoms with Gasteiger partial charge in [0.1, 0.15) is 5.75 Å². The van der Waals surface area contributed by atoms with Gasteiger partial charge in [0.25, 0.3) is 0 Å². The molecule has 0 bridgehead atoms. The fourth-order valence-corrected chi connectivity index (χ4v) is 3.23. The van der Waals surface area contributed by atoms with Crippen LogP contribution in [0.5, 0.6) is 5.75 Å². The number of carbonyl (C=O) groups is 1. The van der Waals surface area contributed by atoms with E-state index in [1.807, 2.05) is 0 Å². The predicted octanol–water partition coefficient (Wildman–Crippen LogP) is 5.10. The van der Waals surface area contributed by atoms with Gasteiger partial charge in [0.2, 0.25) is 5.12 Å². The molecule has 26 heavy (non-hydrogen) atoms. The molecule has 0 radical (unpaired) electrons. The molecular weight excluding hydrogens is 355 g/mol. The van der Waals surface area contributed by atoms with Crippen LogP contribution in [0.1, 0.15) is 38.5 Å². The molecule has 0 aliphatic rings. The number of carbonyl (C=O) groups excluding carboxylic acids is 1. The SMILES string of the molecule is C=CC(=O)SCCCCCCCCOc1cc(=O)oc2c(F)cccc12. The number of benzene rings is 1. The molecule has 0 aliphatic heterocycles. The molecular formula is C20H23FO4S. The number of thioether (sulfide) groups is 1. The zero-order valence-electron chi connectivity index (χ0n) is 14.7. The first-order chi connectivity index (χ1) is 12.6. The highest BCUT2D eigenvalue weighted by Crippen LogP contribution is 2.25. The Labute approximate surface area is 156 Å². The van der Waals surface area contributed by atoms with E-state index < -0.39 is 11.4 Å². The van der Waals surface area contributed by atoms with Crippen molar-refractivity contribution in [2.24, 2.45) is 0 Å². The highest BCUT2D eigenvalue weighted by molar-refractivity contribution is 8.14. The number of fused-ring (bicyclic) bond motifs is 1. The van der Waals surface area contributed by atoms with Gasteiger partial charge in [0, 0.05) is 5.75 Å². The summed E-state index contributed by atoms with van der Waals surface area (Å²) >= 11 is 1.31. The predicted molar refractivity (Wildman–Crippen MR) is 103 cm³/mol. The van der Waals surface area contributed by atoms with E-state index in [9.17, 15) is 14.0 Å². The lowest BCUT2D eigenvalue weighted by Gasteiger charge is -2.08. The second kappa shape index (κ2) is 10.8.